The Balaban J connectivity index is 1.16. The van der Waals surface area contributed by atoms with Gasteiger partial charge in [0.1, 0.15) is 17.3 Å². The molecule has 0 fully saturated rings. The van der Waals surface area contributed by atoms with Crippen molar-refractivity contribution in [2.24, 2.45) is 9.98 Å². The first-order chi connectivity index (χ1) is 22.3. The van der Waals surface area contributed by atoms with Crippen molar-refractivity contribution >= 4 is 55.3 Å². The van der Waals surface area contributed by atoms with E-state index in [0.29, 0.717) is 5.71 Å². The summed E-state index contributed by atoms with van der Waals surface area (Å²) in [6, 6.07) is 48.4. The van der Waals surface area contributed by atoms with Gasteiger partial charge < -0.3 is 9.73 Å². The van der Waals surface area contributed by atoms with Gasteiger partial charge in [-0.15, -0.1) is 0 Å². The van der Waals surface area contributed by atoms with Gasteiger partial charge in [-0.25, -0.2) is 15.0 Å². The summed E-state index contributed by atoms with van der Waals surface area (Å²) >= 11 is 0. The first-order valence-corrected chi connectivity index (χ1v) is 15.0. The number of pyridine rings is 1. The highest BCUT2D eigenvalue weighted by atomic mass is 16.3. The molecule has 5 heteroatoms. The summed E-state index contributed by atoms with van der Waals surface area (Å²) in [4.78, 5) is 14.9. The lowest BCUT2D eigenvalue weighted by Crippen LogP contribution is -2.36. The topological polar surface area (TPSA) is 62.8 Å². The maximum atomic E-state index is 6.27. The van der Waals surface area contributed by atoms with Crippen molar-refractivity contribution in [3.05, 3.63) is 162 Å². The lowest BCUT2D eigenvalue weighted by atomic mass is 9.99. The van der Waals surface area contributed by atoms with Crippen molar-refractivity contribution in [2.45, 2.75) is 6.17 Å². The van der Waals surface area contributed by atoms with Crippen LogP contribution in [0.1, 0.15) is 22.9 Å². The second-order valence-electron chi connectivity index (χ2n) is 11.3. The molecule has 8 aromatic rings. The molecule has 6 aromatic carbocycles. The molecule has 2 aromatic heterocycles. The zero-order valence-electron chi connectivity index (χ0n) is 24.2. The molecule has 0 saturated carbocycles. The number of aliphatic imine (C=N–C) groups is 2. The first-order valence-electron chi connectivity index (χ1n) is 15.0. The van der Waals surface area contributed by atoms with Crippen LogP contribution in [0.5, 0.6) is 0 Å². The molecule has 3 heterocycles. The third kappa shape index (κ3) is 4.45. The second kappa shape index (κ2) is 10.3. The number of aromatic nitrogens is 1. The normalized spacial score (nSPS) is 14.9. The van der Waals surface area contributed by atoms with Crippen LogP contribution in [0.15, 0.2) is 160 Å². The smallest absolute Gasteiger partial charge is 0.228 e. The summed E-state index contributed by atoms with van der Waals surface area (Å²) < 4.78 is 6.27. The minimum Gasteiger partial charge on any atom is -0.438 e. The molecule has 1 aliphatic heterocycles. The van der Waals surface area contributed by atoms with E-state index >= 15 is 0 Å². The van der Waals surface area contributed by atoms with Crippen molar-refractivity contribution < 1.29 is 4.42 Å². The molecule has 1 unspecified atom stereocenters. The van der Waals surface area contributed by atoms with Crippen molar-refractivity contribution in [1.29, 1.82) is 0 Å². The molecule has 0 bridgehead atoms. The van der Waals surface area contributed by atoms with Crippen LogP contribution in [0, 0.1) is 0 Å². The van der Waals surface area contributed by atoms with Crippen LogP contribution in [0.2, 0.25) is 0 Å². The van der Waals surface area contributed by atoms with Gasteiger partial charge in [-0.3, -0.25) is 0 Å². The number of furan rings is 1. The number of fused-ring (bicyclic) bond motifs is 5. The molecule has 1 N–H and O–H groups in total. The zero-order chi connectivity index (χ0) is 29.7. The summed E-state index contributed by atoms with van der Waals surface area (Å²) in [6.45, 7) is 0. The van der Waals surface area contributed by atoms with Gasteiger partial charge >= 0.3 is 0 Å². The highest BCUT2D eigenvalue weighted by molar-refractivity contribution is 6.23. The summed E-state index contributed by atoms with van der Waals surface area (Å²) in [7, 11) is 0. The predicted octanol–water partition coefficient (Wildman–Crippen LogP) is 9.45. The van der Waals surface area contributed by atoms with Crippen LogP contribution in [0.3, 0.4) is 0 Å². The van der Waals surface area contributed by atoms with Crippen molar-refractivity contribution in [3.8, 4) is 11.1 Å². The van der Waals surface area contributed by atoms with Gasteiger partial charge in [-0.05, 0) is 62.5 Å². The van der Waals surface area contributed by atoms with E-state index in [1.54, 1.807) is 6.20 Å². The van der Waals surface area contributed by atoms with Crippen LogP contribution >= 0.6 is 0 Å². The Morgan fingerprint density at radius 2 is 1.20 bits per heavy atom. The number of nitrogens with zero attached hydrogens (tertiary/aromatic N) is 3. The number of hydrogen-bond donors (Lipinski definition) is 1. The lowest BCUT2D eigenvalue weighted by Gasteiger charge is -2.22. The van der Waals surface area contributed by atoms with Gasteiger partial charge in [0.2, 0.25) is 5.71 Å². The first kappa shape index (κ1) is 25.4. The van der Waals surface area contributed by atoms with Crippen LogP contribution in [0.25, 0.3) is 54.7 Å². The number of benzene rings is 6. The molecule has 0 spiro atoms. The van der Waals surface area contributed by atoms with E-state index in [2.05, 4.69) is 119 Å². The monoisotopic (exact) mass is 578 g/mol. The van der Waals surface area contributed by atoms with Gasteiger partial charge in [0.25, 0.3) is 0 Å². The fraction of sp³-hybridized carbons (Fsp3) is 0.0250. The van der Waals surface area contributed by atoms with Crippen LogP contribution in [-0.2, 0) is 0 Å². The van der Waals surface area contributed by atoms with Gasteiger partial charge in [0.05, 0.1) is 5.39 Å². The summed E-state index contributed by atoms with van der Waals surface area (Å²) in [5, 5.41) is 10.2. The Kier molecular flexibility index (Phi) is 5.81. The fourth-order valence-corrected chi connectivity index (χ4v) is 6.28. The van der Waals surface area contributed by atoms with Crippen molar-refractivity contribution in [3.63, 3.8) is 0 Å². The van der Waals surface area contributed by atoms with E-state index in [1.165, 1.54) is 16.3 Å². The van der Waals surface area contributed by atoms with Crippen LogP contribution in [-0.4, -0.2) is 16.7 Å². The zero-order valence-corrected chi connectivity index (χ0v) is 24.2. The second-order valence-corrected chi connectivity index (χ2v) is 11.3. The molecular formula is C40H26N4O. The quantitative estimate of drug-likeness (QED) is 0.226. The Bertz CT molecular complexity index is 2460. The van der Waals surface area contributed by atoms with E-state index in [-0.39, 0.29) is 0 Å². The molecule has 1 aliphatic rings. The largest absolute Gasteiger partial charge is 0.438 e. The van der Waals surface area contributed by atoms with Gasteiger partial charge in [-0.1, -0.05) is 115 Å². The Labute approximate surface area is 259 Å². The molecule has 0 aliphatic carbocycles. The minimum atomic E-state index is -0.427. The molecule has 1 atom stereocenters. The van der Waals surface area contributed by atoms with E-state index in [4.69, 9.17) is 14.4 Å². The summed E-state index contributed by atoms with van der Waals surface area (Å²) in [6.07, 6.45) is 1.36. The van der Waals surface area contributed by atoms with E-state index < -0.39 is 6.17 Å². The maximum Gasteiger partial charge on any atom is 0.228 e. The molecule has 0 radical (unpaired) electrons. The summed E-state index contributed by atoms with van der Waals surface area (Å²) in [5.41, 5.74) is 6.66. The number of nitrogens with one attached hydrogen (secondary N) is 1. The molecule has 212 valence electrons. The Hall–Kier alpha value is -6.07. The van der Waals surface area contributed by atoms with Crippen LogP contribution in [0.4, 0.5) is 0 Å². The Morgan fingerprint density at radius 3 is 2.00 bits per heavy atom. The molecule has 0 saturated heterocycles. The third-order valence-corrected chi connectivity index (χ3v) is 8.57. The van der Waals surface area contributed by atoms with Crippen LogP contribution < -0.4 is 5.32 Å². The average Bonchev–Trinajstić information content (AvgIpc) is 3.48. The SMILES string of the molecule is c1ccc(C2=NC(c3ccc(-c4ccc5ccccc5c4)cc3)N=C(c3ccnc4oc5cc6ccccc6cc5c34)N2)cc1. The lowest BCUT2D eigenvalue weighted by molar-refractivity contribution is 0.654. The maximum absolute atomic E-state index is 6.27. The minimum absolute atomic E-state index is 0.427. The molecule has 45 heavy (non-hydrogen) atoms. The number of amidine groups is 2. The average molecular weight is 579 g/mol. The van der Waals surface area contributed by atoms with E-state index in [1.807, 2.05) is 30.3 Å². The van der Waals surface area contributed by atoms with Gasteiger partial charge in [0.15, 0.2) is 6.17 Å². The fourth-order valence-electron chi connectivity index (χ4n) is 6.28. The van der Waals surface area contributed by atoms with Crippen molar-refractivity contribution in [2.75, 3.05) is 0 Å². The van der Waals surface area contributed by atoms with E-state index in [9.17, 15) is 0 Å². The highest BCUT2D eigenvalue weighted by Gasteiger charge is 2.24. The van der Waals surface area contributed by atoms with Gasteiger partial charge in [0, 0.05) is 22.7 Å². The third-order valence-electron chi connectivity index (χ3n) is 8.57. The highest BCUT2D eigenvalue weighted by Crippen LogP contribution is 2.35. The standard InChI is InChI=1S/C40H26N4O/c1-2-9-27(10-3-1)37-42-38(28-17-14-26(15-18-28)32-19-16-25-8-4-5-11-29(25)22-32)44-39(43-37)33-20-21-41-40-36(33)34-23-30-12-6-7-13-31(30)24-35(34)45-40/h1-24,38H,(H,42,43,44). The number of rotatable bonds is 4. The molecular weight excluding hydrogens is 552 g/mol. The van der Waals surface area contributed by atoms with Crippen molar-refractivity contribution in [1.82, 2.24) is 10.3 Å². The predicted molar refractivity (Wildman–Crippen MR) is 184 cm³/mol. The molecule has 9 rings (SSSR count). The molecule has 5 nitrogen and oxygen atoms in total. The van der Waals surface area contributed by atoms with E-state index in [0.717, 1.165) is 61.1 Å². The summed E-state index contributed by atoms with van der Waals surface area (Å²) in [5.74, 6) is 1.50. The Morgan fingerprint density at radius 1 is 0.533 bits per heavy atom. The molecule has 0 amide bonds. The van der Waals surface area contributed by atoms with Gasteiger partial charge in [-0.2, -0.15) is 0 Å². The number of hydrogen-bond acceptors (Lipinski definition) is 5.